The first-order valence-corrected chi connectivity index (χ1v) is 6.85. The second-order valence-electron chi connectivity index (χ2n) is 4.51. The Morgan fingerprint density at radius 2 is 2.20 bits per heavy atom. The number of amides is 1. The van der Waals surface area contributed by atoms with Crippen LogP contribution in [0.15, 0.2) is 18.2 Å². The Morgan fingerprint density at radius 3 is 2.90 bits per heavy atom. The van der Waals surface area contributed by atoms with Gasteiger partial charge in [0, 0.05) is 27.2 Å². The number of pyridine rings is 1. The number of anilines is 2. The smallest absolute Gasteiger partial charge is 0.239 e. The van der Waals surface area contributed by atoms with Gasteiger partial charge in [0.15, 0.2) is 0 Å². The minimum atomic E-state index is -0.0433. The SMILES string of the molecule is CCCNc1cccc(N(C)CC(=O)NCCOC)n1. The molecule has 0 saturated heterocycles. The van der Waals surface area contributed by atoms with Crippen LogP contribution < -0.4 is 15.5 Å². The van der Waals surface area contributed by atoms with E-state index in [9.17, 15) is 4.79 Å². The molecule has 0 unspecified atom stereocenters. The van der Waals surface area contributed by atoms with E-state index in [0.717, 1.165) is 24.6 Å². The number of nitrogens with zero attached hydrogens (tertiary/aromatic N) is 2. The Bertz CT molecular complexity index is 412. The van der Waals surface area contributed by atoms with Gasteiger partial charge in [-0.25, -0.2) is 4.98 Å². The van der Waals surface area contributed by atoms with Gasteiger partial charge in [0.2, 0.25) is 5.91 Å². The van der Waals surface area contributed by atoms with Crippen molar-refractivity contribution in [3.8, 4) is 0 Å². The molecule has 6 nitrogen and oxygen atoms in total. The van der Waals surface area contributed by atoms with Crippen LogP contribution in [0.25, 0.3) is 0 Å². The zero-order valence-electron chi connectivity index (χ0n) is 12.5. The molecule has 0 spiro atoms. The van der Waals surface area contributed by atoms with Crippen LogP contribution in [0.3, 0.4) is 0 Å². The number of nitrogens with one attached hydrogen (secondary N) is 2. The predicted octanol–water partition coefficient (Wildman–Crippen LogP) is 1.10. The van der Waals surface area contributed by atoms with Crippen LogP contribution in [0.1, 0.15) is 13.3 Å². The van der Waals surface area contributed by atoms with Crippen molar-refractivity contribution in [2.75, 3.05) is 50.6 Å². The van der Waals surface area contributed by atoms with Gasteiger partial charge in [-0.05, 0) is 18.6 Å². The molecule has 0 fully saturated rings. The Labute approximate surface area is 120 Å². The number of aromatic nitrogens is 1. The second-order valence-corrected chi connectivity index (χ2v) is 4.51. The van der Waals surface area contributed by atoms with E-state index in [-0.39, 0.29) is 12.5 Å². The van der Waals surface area contributed by atoms with Gasteiger partial charge < -0.3 is 20.3 Å². The van der Waals surface area contributed by atoms with Crippen molar-refractivity contribution < 1.29 is 9.53 Å². The zero-order valence-corrected chi connectivity index (χ0v) is 12.5. The standard InChI is InChI=1S/C14H24N4O2/c1-4-8-15-12-6-5-7-13(17-12)18(2)11-14(19)16-9-10-20-3/h5-7H,4,8-11H2,1-3H3,(H,15,17)(H,16,19). The highest BCUT2D eigenvalue weighted by molar-refractivity contribution is 5.80. The normalized spacial score (nSPS) is 10.2. The molecule has 1 aromatic heterocycles. The molecule has 0 radical (unpaired) electrons. The van der Waals surface area contributed by atoms with E-state index in [0.29, 0.717) is 13.2 Å². The van der Waals surface area contributed by atoms with Gasteiger partial charge in [0.1, 0.15) is 11.6 Å². The van der Waals surface area contributed by atoms with Gasteiger partial charge in [-0.1, -0.05) is 13.0 Å². The van der Waals surface area contributed by atoms with Crippen LogP contribution >= 0.6 is 0 Å². The molecule has 1 rings (SSSR count). The lowest BCUT2D eigenvalue weighted by Gasteiger charge is -2.18. The van der Waals surface area contributed by atoms with Crippen molar-refractivity contribution in [2.24, 2.45) is 0 Å². The monoisotopic (exact) mass is 280 g/mol. The zero-order chi connectivity index (χ0) is 14.8. The topological polar surface area (TPSA) is 66.5 Å². The van der Waals surface area contributed by atoms with Crippen molar-refractivity contribution in [3.05, 3.63) is 18.2 Å². The van der Waals surface area contributed by atoms with Crippen LogP contribution in [0.2, 0.25) is 0 Å². The van der Waals surface area contributed by atoms with E-state index in [4.69, 9.17) is 4.74 Å². The first kappa shape index (κ1) is 16.2. The van der Waals surface area contributed by atoms with Gasteiger partial charge in [-0.2, -0.15) is 0 Å². The second kappa shape index (κ2) is 9.14. The van der Waals surface area contributed by atoms with Crippen LogP contribution in [0.4, 0.5) is 11.6 Å². The lowest BCUT2D eigenvalue weighted by molar-refractivity contribution is -0.119. The Kier molecular flexibility index (Phi) is 7.42. The van der Waals surface area contributed by atoms with E-state index in [1.807, 2.05) is 30.1 Å². The van der Waals surface area contributed by atoms with Gasteiger partial charge in [0.05, 0.1) is 13.2 Å². The van der Waals surface area contributed by atoms with Crippen molar-refractivity contribution in [1.82, 2.24) is 10.3 Å². The summed E-state index contributed by atoms with van der Waals surface area (Å²) in [4.78, 5) is 18.0. The fourth-order valence-corrected chi connectivity index (χ4v) is 1.63. The van der Waals surface area contributed by atoms with Crippen molar-refractivity contribution in [2.45, 2.75) is 13.3 Å². The van der Waals surface area contributed by atoms with Crippen molar-refractivity contribution in [1.29, 1.82) is 0 Å². The highest BCUT2D eigenvalue weighted by Gasteiger charge is 2.08. The minimum absolute atomic E-state index is 0.0433. The van der Waals surface area contributed by atoms with E-state index in [1.54, 1.807) is 7.11 Å². The number of ether oxygens (including phenoxy) is 1. The Balaban J connectivity index is 2.49. The Hall–Kier alpha value is -1.82. The third-order valence-electron chi connectivity index (χ3n) is 2.69. The summed E-state index contributed by atoms with van der Waals surface area (Å²) in [5.74, 6) is 1.56. The summed E-state index contributed by atoms with van der Waals surface area (Å²) < 4.78 is 4.89. The highest BCUT2D eigenvalue weighted by Crippen LogP contribution is 2.12. The first-order valence-electron chi connectivity index (χ1n) is 6.85. The average molecular weight is 280 g/mol. The maximum atomic E-state index is 11.7. The van der Waals surface area contributed by atoms with Crippen LogP contribution in [-0.2, 0) is 9.53 Å². The summed E-state index contributed by atoms with van der Waals surface area (Å²) in [5.41, 5.74) is 0. The van der Waals surface area contributed by atoms with E-state index in [2.05, 4.69) is 22.5 Å². The summed E-state index contributed by atoms with van der Waals surface area (Å²) in [6.07, 6.45) is 1.05. The predicted molar refractivity (Wildman–Crippen MR) is 81.2 cm³/mol. The molecule has 0 atom stereocenters. The summed E-state index contributed by atoms with van der Waals surface area (Å²) in [7, 11) is 3.46. The summed E-state index contributed by atoms with van der Waals surface area (Å²) in [5, 5.41) is 6.01. The molecule has 6 heteroatoms. The molecule has 112 valence electrons. The quantitative estimate of drug-likeness (QED) is 0.663. The molecule has 2 N–H and O–H groups in total. The van der Waals surface area contributed by atoms with Gasteiger partial charge in [-0.3, -0.25) is 4.79 Å². The number of carbonyl (C=O) groups excluding carboxylic acids is 1. The van der Waals surface area contributed by atoms with Gasteiger partial charge in [0.25, 0.3) is 0 Å². The number of hydrogen-bond donors (Lipinski definition) is 2. The first-order chi connectivity index (χ1) is 9.67. The minimum Gasteiger partial charge on any atom is -0.383 e. The Morgan fingerprint density at radius 1 is 1.40 bits per heavy atom. The maximum absolute atomic E-state index is 11.7. The molecule has 20 heavy (non-hydrogen) atoms. The molecule has 0 aliphatic heterocycles. The molecule has 0 aliphatic carbocycles. The molecule has 0 saturated carbocycles. The number of likely N-dealkylation sites (N-methyl/N-ethyl adjacent to an activating group) is 1. The third kappa shape index (κ3) is 5.88. The molecule has 1 amide bonds. The fourth-order valence-electron chi connectivity index (χ4n) is 1.63. The molecule has 0 aliphatic rings. The summed E-state index contributed by atoms with van der Waals surface area (Å²) >= 11 is 0. The lowest BCUT2D eigenvalue weighted by atomic mass is 10.4. The molecule has 0 bridgehead atoms. The summed E-state index contributed by atoms with van der Waals surface area (Å²) in [6, 6.07) is 5.74. The molecular weight excluding hydrogens is 256 g/mol. The molecular formula is C14H24N4O2. The van der Waals surface area contributed by atoms with Crippen LogP contribution in [-0.4, -0.2) is 51.3 Å². The van der Waals surface area contributed by atoms with E-state index >= 15 is 0 Å². The fraction of sp³-hybridized carbons (Fsp3) is 0.571. The molecule has 1 aromatic rings. The van der Waals surface area contributed by atoms with Gasteiger partial charge >= 0.3 is 0 Å². The van der Waals surface area contributed by atoms with Crippen LogP contribution in [0, 0.1) is 0 Å². The highest BCUT2D eigenvalue weighted by atomic mass is 16.5. The van der Waals surface area contributed by atoms with Crippen LogP contribution in [0.5, 0.6) is 0 Å². The molecule has 0 aromatic carbocycles. The van der Waals surface area contributed by atoms with Gasteiger partial charge in [-0.15, -0.1) is 0 Å². The molecule has 1 heterocycles. The number of hydrogen-bond acceptors (Lipinski definition) is 5. The number of carbonyl (C=O) groups is 1. The maximum Gasteiger partial charge on any atom is 0.239 e. The lowest BCUT2D eigenvalue weighted by Crippen LogP contribution is -2.37. The third-order valence-corrected chi connectivity index (χ3v) is 2.69. The largest absolute Gasteiger partial charge is 0.383 e. The van der Waals surface area contributed by atoms with Crippen molar-refractivity contribution in [3.63, 3.8) is 0 Å². The summed E-state index contributed by atoms with van der Waals surface area (Å²) in [6.45, 7) is 4.30. The van der Waals surface area contributed by atoms with Crippen molar-refractivity contribution >= 4 is 17.5 Å². The average Bonchev–Trinajstić information content (AvgIpc) is 2.45. The number of methoxy groups -OCH3 is 1. The van der Waals surface area contributed by atoms with E-state index < -0.39 is 0 Å². The number of rotatable bonds is 9. The van der Waals surface area contributed by atoms with E-state index in [1.165, 1.54) is 0 Å².